The van der Waals surface area contributed by atoms with Gasteiger partial charge in [0.05, 0.1) is 18.1 Å². The number of hydrogen-bond acceptors (Lipinski definition) is 5. The van der Waals surface area contributed by atoms with Gasteiger partial charge in [0.1, 0.15) is 5.60 Å². The number of amides is 1. The van der Waals surface area contributed by atoms with Gasteiger partial charge in [-0.05, 0) is 33.6 Å². The predicted molar refractivity (Wildman–Crippen MR) is 87.3 cm³/mol. The van der Waals surface area contributed by atoms with Crippen molar-refractivity contribution in [2.75, 3.05) is 19.7 Å². The van der Waals surface area contributed by atoms with Gasteiger partial charge in [-0.1, -0.05) is 11.6 Å². The van der Waals surface area contributed by atoms with Gasteiger partial charge < -0.3 is 14.4 Å². The zero-order chi connectivity index (χ0) is 16.2. The molecule has 0 radical (unpaired) electrons. The molecule has 0 aromatic carbocycles. The molecule has 5 nitrogen and oxygen atoms in total. The van der Waals surface area contributed by atoms with Gasteiger partial charge in [0, 0.05) is 25.2 Å². The Kier molecular flexibility index (Phi) is 6.06. The minimum Gasteiger partial charge on any atom is -0.444 e. The predicted octanol–water partition coefficient (Wildman–Crippen LogP) is 3.96. The van der Waals surface area contributed by atoms with Crippen LogP contribution in [0, 0.1) is 5.92 Å². The Morgan fingerprint density at radius 3 is 2.95 bits per heavy atom. The molecule has 1 aliphatic heterocycles. The Balaban J connectivity index is 1.74. The van der Waals surface area contributed by atoms with Crippen LogP contribution in [0.25, 0.3) is 0 Å². The van der Waals surface area contributed by atoms with Crippen molar-refractivity contribution in [1.29, 1.82) is 0 Å². The van der Waals surface area contributed by atoms with Crippen LogP contribution in [0.2, 0.25) is 4.47 Å². The number of aromatic nitrogens is 1. The summed E-state index contributed by atoms with van der Waals surface area (Å²) in [6.45, 7) is 8.26. The van der Waals surface area contributed by atoms with Crippen LogP contribution >= 0.6 is 22.9 Å². The highest BCUT2D eigenvalue weighted by Crippen LogP contribution is 2.22. The van der Waals surface area contributed by atoms with Crippen molar-refractivity contribution in [3.05, 3.63) is 15.5 Å². The van der Waals surface area contributed by atoms with Crippen LogP contribution < -0.4 is 0 Å². The molecule has 1 saturated heterocycles. The van der Waals surface area contributed by atoms with E-state index in [0.717, 1.165) is 24.3 Å². The number of thiazole rings is 1. The van der Waals surface area contributed by atoms with Crippen molar-refractivity contribution < 1.29 is 14.3 Å². The highest BCUT2D eigenvalue weighted by atomic mass is 35.5. The van der Waals surface area contributed by atoms with Crippen molar-refractivity contribution in [3.63, 3.8) is 0 Å². The van der Waals surface area contributed by atoms with E-state index >= 15 is 0 Å². The van der Waals surface area contributed by atoms with E-state index < -0.39 is 5.60 Å². The number of likely N-dealkylation sites (tertiary alicyclic amines) is 1. The van der Waals surface area contributed by atoms with E-state index in [1.807, 2.05) is 20.8 Å². The molecule has 124 valence electrons. The molecule has 22 heavy (non-hydrogen) atoms. The molecule has 2 rings (SSSR count). The summed E-state index contributed by atoms with van der Waals surface area (Å²) >= 11 is 7.22. The molecule has 0 N–H and O–H groups in total. The Labute approximate surface area is 140 Å². The lowest BCUT2D eigenvalue weighted by atomic mass is 9.99. The molecule has 0 bridgehead atoms. The molecule has 0 spiro atoms. The average molecular weight is 347 g/mol. The SMILES string of the molecule is CC(C)(C)OC(=O)N1CCCC(COCc2cnc(Cl)s2)C1. The standard InChI is InChI=1S/C15H23ClN2O3S/c1-15(2,3)21-14(19)18-6-4-5-11(8-18)9-20-10-12-7-17-13(16)22-12/h7,11H,4-6,8-10H2,1-3H3. The summed E-state index contributed by atoms with van der Waals surface area (Å²) in [5.41, 5.74) is -0.452. The molecular weight excluding hydrogens is 324 g/mol. The van der Waals surface area contributed by atoms with Gasteiger partial charge in [0.25, 0.3) is 0 Å². The highest BCUT2D eigenvalue weighted by Gasteiger charge is 2.27. The second-order valence-corrected chi connectivity index (χ2v) is 8.23. The molecule has 1 aromatic rings. The van der Waals surface area contributed by atoms with Crippen LogP contribution in [0.1, 0.15) is 38.5 Å². The lowest BCUT2D eigenvalue weighted by Gasteiger charge is -2.34. The van der Waals surface area contributed by atoms with Crippen molar-refractivity contribution in [3.8, 4) is 0 Å². The Morgan fingerprint density at radius 2 is 2.32 bits per heavy atom. The van der Waals surface area contributed by atoms with Gasteiger partial charge in [-0.3, -0.25) is 0 Å². The average Bonchev–Trinajstić information content (AvgIpc) is 2.83. The van der Waals surface area contributed by atoms with Gasteiger partial charge in [0.15, 0.2) is 4.47 Å². The maximum atomic E-state index is 12.1. The van der Waals surface area contributed by atoms with E-state index in [4.69, 9.17) is 21.1 Å². The monoisotopic (exact) mass is 346 g/mol. The molecule has 2 heterocycles. The summed E-state index contributed by atoms with van der Waals surface area (Å²) in [5, 5.41) is 0. The van der Waals surface area contributed by atoms with Crippen molar-refractivity contribution in [2.24, 2.45) is 5.92 Å². The Hall–Kier alpha value is -0.850. The number of carbonyl (C=O) groups excluding carboxylic acids is 1. The van der Waals surface area contributed by atoms with E-state index in [9.17, 15) is 4.79 Å². The molecule has 1 unspecified atom stereocenters. The third-order valence-corrected chi connectivity index (χ3v) is 4.38. The van der Waals surface area contributed by atoms with Crippen molar-refractivity contribution in [1.82, 2.24) is 9.88 Å². The third kappa shape index (κ3) is 5.74. The summed E-state index contributed by atoms with van der Waals surface area (Å²) in [5.74, 6) is 0.352. The van der Waals surface area contributed by atoms with Crippen LogP contribution in [-0.2, 0) is 16.1 Å². The minimum atomic E-state index is -0.452. The van der Waals surface area contributed by atoms with Gasteiger partial charge in [-0.2, -0.15) is 0 Å². The number of nitrogens with zero attached hydrogens (tertiary/aromatic N) is 2. The molecule has 1 fully saturated rings. The summed E-state index contributed by atoms with van der Waals surface area (Å²) < 4.78 is 11.7. The number of carbonyl (C=O) groups is 1. The first kappa shape index (κ1) is 17.5. The number of hydrogen-bond donors (Lipinski definition) is 0. The number of ether oxygens (including phenoxy) is 2. The first-order valence-electron chi connectivity index (χ1n) is 7.49. The molecule has 1 amide bonds. The number of piperidine rings is 1. The van der Waals surface area contributed by atoms with Gasteiger partial charge in [0.2, 0.25) is 0 Å². The summed E-state index contributed by atoms with van der Waals surface area (Å²) in [6.07, 6.45) is 3.56. The van der Waals surface area contributed by atoms with Crippen LogP contribution in [0.15, 0.2) is 6.20 Å². The smallest absolute Gasteiger partial charge is 0.410 e. The van der Waals surface area contributed by atoms with Crippen LogP contribution in [0.4, 0.5) is 4.79 Å². The van der Waals surface area contributed by atoms with Crippen molar-refractivity contribution >= 4 is 29.0 Å². The summed E-state index contributed by atoms with van der Waals surface area (Å²) in [7, 11) is 0. The molecule has 1 atom stereocenters. The molecule has 0 aliphatic carbocycles. The number of rotatable bonds is 4. The molecular formula is C15H23ClN2O3S. The van der Waals surface area contributed by atoms with E-state index in [0.29, 0.717) is 30.1 Å². The van der Waals surface area contributed by atoms with Crippen LogP contribution in [-0.4, -0.2) is 41.3 Å². The van der Waals surface area contributed by atoms with Gasteiger partial charge in [-0.25, -0.2) is 9.78 Å². The van der Waals surface area contributed by atoms with Crippen molar-refractivity contribution in [2.45, 2.75) is 45.8 Å². The zero-order valence-corrected chi connectivity index (χ0v) is 14.9. The van der Waals surface area contributed by atoms with Gasteiger partial charge in [-0.15, -0.1) is 11.3 Å². The fraction of sp³-hybridized carbons (Fsp3) is 0.733. The topological polar surface area (TPSA) is 51.7 Å². The van der Waals surface area contributed by atoms with Crippen LogP contribution in [0.3, 0.4) is 0 Å². The lowest BCUT2D eigenvalue weighted by Crippen LogP contribution is -2.43. The second kappa shape index (κ2) is 7.62. The van der Waals surface area contributed by atoms with Gasteiger partial charge >= 0.3 is 6.09 Å². The third-order valence-electron chi connectivity index (χ3n) is 3.29. The van der Waals surface area contributed by atoms with E-state index in [-0.39, 0.29) is 6.09 Å². The Bertz CT molecular complexity index is 501. The highest BCUT2D eigenvalue weighted by molar-refractivity contribution is 7.15. The fourth-order valence-electron chi connectivity index (χ4n) is 2.37. The quantitative estimate of drug-likeness (QED) is 0.828. The minimum absolute atomic E-state index is 0.230. The first-order valence-corrected chi connectivity index (χ1v) is 8.69. The van der Waals surface area contributed by atoms with E-state index in [1.54, 1.807) is 11.1 Å². The molecule has 1 aromatic heterocycles. The van der Waals surface area contributed by atoms with E-state index in [1.165, 1.54) is 11.3 Å². The maximum Gasteiger partial charge on any atom is 0.410 e. The summed E-state index contributed by atoms with van der Waals surface area (Å²) in [6, 6.07) is 0. The number of halogens is 1. The molecule has 1 aliphatic rings. The normalized spacial score (nSPS) is 19.3. The largest absolute Gasteiger partial charge is 0.444 e. The Morgan fingerprint density at radius 1 is 1.55 bits per heavy atom. The summed E-state index contributed by atoms with van der Waals surface area (Å²) in [4.78, 5) is 18.9. The zero-order valence-electron chi connectivity index (χ0n) is 13.3. The van der Waals surface area contributed by atoms with E-state index in [2.05, 4.69) is 4.98 Å². The fourth-order valence-corrected chi connectivity index (χ4v) is 3.29. The first-order chi connectivity index (χ1) is 10.3. The van der Waals surface area contributed by atoms with Crippen LogP contribution in [0.5, 0.6) is 0 Å². The molecule has 7 heteroatoms. The lowest BCUT2D eigenvalue weighted by molar-refractivity contribution is 0.00612. The molecule has 0 saturated carbocycles. The maximum absolute atomic E-state index is 12.1. The second-order valence-electron chi connectivity index (χ2n) is 6.53.